The van der Waals surface area contributed by atoms with Crippen LogP contribution in [-0.2, 0) is 14.3 Å². The number of carbonyl (C=O) groups is 2. The van der Waals surface area contributed by atoms with Gasteiger partial charge in [-0.1, -0.05) is 77.6 Å². The van der Waals surface area contributed by atoms with Gasteiger partial charge < -0.3 is 40.6 Å². The predicted molar refractivity (Wildman–Crippen MR) is 158 cm³/mol. The number of fused-ring (bicyclic) bond motifs is 1. The Morgan fingerprint density at radius 2 is 1.60 bits per heavy atom. The molecule has 236 valence electrons. The molecule has 5 atom stereocenters. The molecule has 0 radical (unpaired) electrons. The first kappa shape index (κ1) is 33.6. The molecule has 3 rings (SSSR count). The van der Waals surface area contributed by atoms with Gasteiger partial charge in [-0.3, -0.25) is 9.59 Å². The topological polar surface area (TPSA) is 186 Å². The van der Waals surface area contributed by atoms with E-state index < -0.39 is 43.1 Å². The zero-order chi connectivity index (χ0) is 30.3. The van der Waals surface area contributed by atoms with Crippen molar-refractivity contribution in [3.05, 3.63) is 12.7 Å². The van der Waals surface area contributed by atoms with Gasteiger partial charge in [-0.05, 0) is 6.42 Å². The number of nitrogens with zero attached hydrogens (tertiary/aromatic N) is 4. The number of carbonyl (C=O) groups excluding carboxylic acids is 2. The monoisotopic (exact) mass is 591 g/mol. The SMILES string of the molecule is CCCCCCCCCCCCCCC(=O)N(C)CC(=O)N[C@@H]1[C@@H](O)[C@H](O)[C@@H](Nc2ncnc3nc[nH]c23)O[C@H]1CO. The number of likely N-dealkylation sites (N-methyl/N-ethyl adjacent to an activating group) is 1. The van der Waals surface area contributed by atoms with E-state index >= 15 is 0 Å². The van der Waals surface area contributed by atoms with Crippen molar-refractivity contribution in [2.75, 3.05) is 25.5 Å². The van der Waals surface area contributed by atoms with Crippen LogP contribution in [0.3, 0.4) is 0 Å². The summed E-state index contributed by atoms with van der Waals surface area (Å²) < 4.78 is 5.78. The second kappa shape index (κ2) is 17.9. The van der Waals surface area contributed by atoms with Crippen molar-refractivity contribution < 1.29 is 29.6 Å². The number of unbranched alkanes of at least 4 members (excludes halogenated alkanes) is 11. The standard InChI is InChI=1S/C29H49N7O6/c1-3-4-5-6-7-8-9-10-11-12-13-14-15-22(39)36(2)16-21(38)34-23-20(17-37)42-29(26(41)25(23)40)35-28-24-27(31-18-30-24)32-19-33-28/h18-20,23,25-26,29,37,40-41H,3-17H2,1-2H3,(H,34,38)(H2,30,31,32,33,35)/t20-,23-,25+,26-,29-/m0/s1. The Kier molecular flexibility index (Phi) is 14.4. The summed E-state index contributed by atoms with van der Waals surface area (Å²) in [6.45, 7) is 1.50. The number of imidazole rings is 1. The Balaban J connectivity index is 1.35. The third-order valence-electron chi connectivity index (χ3n) is 7.81. The quantitative estimate of drug-likeness (QED) is 0.132. The number of aliphatic hydroxyl groups is 3. The van der Waals surface area contributed by atoms with Crippen LogP contribution in [-0.4, -0.2) is 103 Å². The number of hydrogen-bond donors (Lipinski definition) is 6. The Hall–Kier alpha value is -2.87. The number of rotatable bonds is 19. The lowest BCUT2D eigenvalue weighted by molar-refractivity contribution is -0.185. The molecule has 0 aromatic carbocycles. The lowest BCUT2D eigenvalue weighted by atomic mass is 9.95. The molecule has 6 N–H and O–H groups in total. The minimum absolute atomic E-state index is 0.129. The van der Waals surface area contributed by atoms with Gasteiger partial charge in [-0.25, -0.2) is 15.0 Å². The normalized spacial score (nSPS) is 22.3. The van der Waals surface area contributed by atoms with Crippen molar-refractivity contribution in [1.29, 1.82) is 0 Å². The molecular weight excluding hydrogens is 542 g/mol. The number of H-pyrrole nitrogens is 1. The maximum Gasteiger partial charge on any atom is 0.240 e. The number of amides is 2. The van der Waals surface area contributed by atoms with Gasteiger partial charge in [0.2, 0.25) is 11.8 Å². The van der Waals surface area contributed by atoms with E-state index in [1.54, 1.807) is 7.05 Å². The summed E-state index contributed by atoms with van der Waals surface area (Å²) in [5, 5.41) is 36.9. The van der Waals surface area contributed by atoms with E-state index in [9.17, 15) is 24.9 Å². The summed E-state index contributed by atoms with van der Waals surface area (Å²) in [5.74, 6) is -0.364. The molecule has 0 spiro atoms. The third-order valence-corrected chi connectivity index (χ3v) is 7.81. The molecule has 1 aliphatic rings. The highest BCUT2D eigenvalue weighted by Crippen LogP contribution is 2.24. The molecule has 0 aliphatic carbocycles. The van der Waals surface area contributed by atoms with Gasteiger partial charge in [0.25, 0.3) is 0 Å². The van der Waals surface area contributed by atoms with Crippen LogP contribution in [0.5, 0.6) is 0 Å². The van der Waals surface area contributed by atoms with Crippen LogP contribution in [0.1, 0.15) is 90.4 Å². The number of aromatic nitrogens is 4. The molecule has 2 amide bonds. The van der Waals surface area contributed by atoms with Crippen LogP contribution in [0.4, 0.5) is 5.82 Å². The van der Waals surface area contributed by atoms with Crippen molar-refractivity contribution in [3.8, 4) is 0 Å². The van der Waals surface area contributed by atoms with Gasteiger partial charge >= 0.3 is 0 Å². The summed E-state index contributed by atoms with van der Waals surface area (Å²) in [4.78, 5) is 41.7. The molecule has 2 aromatic rings. The summed E-state index contributed by atoms with van der Waals surface area (Å²) >= 11 is 0. The molecule has 0 saturated carbocycles. The molecule has 1 fully saturated rings. The average molecular weight is 592 g/mol. The fraction of sp³-hybridized carbons (Fsp3) is 0.759. The smallest absolute Gasteiger partial charge is 0.240 e. The van der Waals surface area contributed by atoms with Gasteiger partial charge in [0.1, 0.15) is 30.2 Å². The highest BCUT2D eigenvalue weighted by Gasteiger charge is 2.45. The largest absolute Gasteiger partial charge is 0.394 e. The van der Waals surface area contributed by atoms with E-state index in [0.717, 1.165) is 19.3 Å². The molecule has 42 heavy (non-hydrogen) atoms. The number of nitrogens with one attached hydrogen (secondary N) is 3. The zero-order valence-corrected chi connectivity index (χ0v) is 25.0. The Morgan fingerprint density at radius 3 is 2.24 bits per heavy atom. The molecule has 3 heterocycles. The van der Waals surface area contributed by atoms with Gasteiger partial charge in [-0.2, -0.15) is 0 Å². The van der Waals surface area contributed by atoms with Crippen LogP contribution >= 0.6 is 0 Å². The summed E-state index contributed by atoms with van der Waals surface area (Å²) in [6.07, 6.45) is 12.6. The van der Waals surface area contributed by atoms with E-state index in [-0.39, 0.29) is 12.5 Å². The van der Waals surface area contributed by atoms with Crippen molar-refractivity contribution in [3.63, 3.8) is 0 Å². The third kappa shape index (κ3) is 10.1. The van der Waals surface area contributed by atoms with E-state index in [2.05, 4.69) is 37.5 Å². The lowest BCUT2D eigenvalue weighted by Crippen LogP contribution is -2.66. The van der Waals surface area contributed by atoms with Crippen LogP contribution in [0.25, 0.3) is 11.2 Å². The fourth-order valence-corrected chi connectivity index (χ4v) is 5.27. The molecule has 13 nitrogen and oxygen atoms in total. The Labute approximate surface area is 247 Å². The maximum atomic E-state index is 12.7. The summed E-state index contributed by atoms with van der Waals surface area (Å²) in [6, 6.07) is -1.09. The summed E-state index contributed by atoms with van der Waals surface area (Å²) in [7, 11) is 1.56. The number of anilines is 1. The van der Waals surface area contributed by atoms with Crippen LogP contribution in [0.15, 0.2) is 12.7 Å². The lowest BCUT2D eigenvalue weighted by Gasteiger charge is -2.42. The van der Waals surface area contributed by atoms with E-state index in [1.165, 1.54) is 75.3 Å². The maximum absolute atomic E-state index is 12.7. The zero-order valence-electron chi connectivity index (χ0n) is 25.0. The van der Waals surface area contributed by atoms with Gasteiger partial charge in [-0.15, -0.1) is 0 Å². The van der Waals surface area contributed by atoms with Crippen LogP contribution in [0.2, 0.25) is 0 Å². The molecule has 13 heteroatoms. The number of aromatic amines is 1. The molecule has 0 unspecified atom stereocenters. The average Bonchev–Trinajstić information content (AvgIpc) is 3.47. The van der Waals surface area contributed by atoms with Crippen LogP contribution < -0.4 is 10.6 Å². The second-order valence-electron chi connectivity index (χ2n) is 11.2. The van der Waals surface area contributed by atoms with E-state index in [0.29, 0.717) is 23.4 Å². The van der Waals surface area contributed by atoms with Crippen molar-refractivity contribution >= 4 is 28.8 Å². The summed E-state index contributed by atoms with van der Waals surface area (Å²) in [5.41, 5.74) is 0.884. The molecule has 2 aromatic heterocycles. The first-order valence-electron chi connectivity index (χ1n) is 15.4. The number of ether oxygens (including phenoxy) is 1. The highest BCUT2D eigenvalue weighted by molar-refractivity contribution is 5.85. The number of aliphatic hydroxyl groups excluding tert-OH is 3. The Morgan fingerprint density at radius 1 is 0.952 bits per heavy atom. The Bertz CT molecular complexity index is 1080. The van der Waals surface area contributed by atoms with Gasteiger partial charge in [0.05, 0.1) is 25.5 Å². The fourth-order valence-electron chi connectivity index (χ4n) is 5.27. The van der Waals surface area contributed by atoms with Crippen molar-refractivity contribution in [2.45, 2.75) is 121 Å². The van der Waals surface area contributed by atoms with Crippen LogP contribution in [0, 0.1) is 0 Å². The van der Waals surface area contributed by atoms with E-state index in [4.69, 9.17) is 4.74 Å². The molecular formula is C29H49N7O6. The van der Waals surface area contributed by atoms with Gasteiger partial charge in [0, 0.05) is 13.5 Å². The minimum atomic E-state index is -1.46. The van der Waals surface area contributed by atoms with Crippen molar-refractivity contribution in [1.82, 2.24) is 30.2 Å². The first-order valence-corrected chi connectivity index (χ1v) is 15.4. The van der Waals surface area contributed by atoms with Crippen molar-refractivity contribution in [2.24, 2.45) is 0 Å². The van der Waals surface area contributed by atoms with Gasteiger partial charge in [0.15, 0.2) is 17.7 Å². The molecule has 1 saturated heterocycles. The highest BCUT2D eigenvalue weighted by atomic mass is 16.5. The molecule has 0 bridgehead atoms. The van der Waals surface area contributed by atoms with E-state index in [1.807, 2.05) is 0 Å². The minimum Gasteiger partial charge on any atom is -0.394 e. The second-order valence-corrected chi connectivity index (χ2v) is 11.2. The number of hydrogen-bond acceptors (Lipinski definition) is 10. The predicted octanol–water partition coefficient (Wildman–Crippen LogP) is 2.24. The molecule has 1 aliphatic heterocycles. The first-order chi connectivity index (χ1) is 20.3.